The molecule has 4 nitrogen and oxygen atoms in total. The quantitative estimate of drug-likeness (QED) is 0.883. The average molecular weight is 265 g/mol. The zero-order chi connectivity index (χ0) is 14.6. The number of hydrogen-bond acceptors (Lipinski definition) is 3. The first-order valence-electron chi connectivity index (χ1n) is 6.40. The lowest BCUT2D eigenvalue weighted by atomic mass is 10.00. The largest absolute Gasteiger partial charge is 0.444 e. The molecule has 2 N–H and O–H groups in total. The van der Waals surface area contributed by atoms with E-state index in [1.54, 1.807) is 20.8 Å². The summed E-state index contributed by atoms with van der Waals surface area (Å²) in [6, 6.07) is 5.45. The number of nitrogens with one attached hydrogen (secondary N) is 1. The lowest BCUT2D eigenvalue weighted by molar-refractivity contribution is 0.0481. The number of amides is 1. The summed E-state index contributed by atoms with van der Waals surface area (Å²) in [5.74, 6) is 0. The molecule has 0 heterocycles. The minimum atomic E-state index is -0.549. The van der Waals surface area contributed by atoms with Crippen molar-refractivity contribution in [2.24, 2.45) is 0 Å². The van der Waals surface area contributed by atoms with E-state index in [0.717, 1.165) is 16.7 Å². The summed E-state index contributed by atoms with van der Waals surface area (Å²) in [7, 11) is 0. The number of carbonyl (C=O) groups is 1. The van der Waals surface area contributed by atoms with E-state index < -0.39 is 17.7 Å². The van der Waals surface area contributed by atoms with Gasteiger partial charge in [-0.1, -0.05) is 23.8 Å². The molecule has 0 bridgehead atoms. The predicted molar refractivity (Wildman–Crippen MR) is 75.1 cm³/mol. The highest BCUT2D eigenvalue weighted by atomic mass is 16.6. The molecule has 0 saturated heterocycles. The third kappa shape index (κ3) is 4.91. The highest BCUT2D eigenvalue weighted by Crippen LogP contribution is 2.19. The van der Waals surface area contributed by atoms with E-state index in [0.29, 0.717) is 0 Å². The molecule has 0 spiro atoms. The highest BCUT2D eigenvalue weighted by Gasteiger charge is 2.20. The van der Waals surface area contributed by atoms with Crippen LogP contribution in [0.3, 0.4) is 0 Å². The average Bonchev–Trinajstić information content (AvgIpc) is 2.24. The van der Waals surface area contributed by atoms with Gasteiger partial charge in [-0.25, -0.2) is 4.79 Å². The number of aliphatic hydroxyl groups excluding tert-OH is 1. The van der Waals surface area contributed by atoms with Gasteiger partial charge in [0.1, 0.15) is 5.60 Å². The van der Waals surface area contributed by atoms with Crippen LogP contribution in [0.25, 0.3) is 0 Å². The third-order valence-electron chi connectivity index (χ3n) is 2.67. The van der Waals surface area contributed by atoms with Gasteiger partial charge in [0.05, 0.1) is 12.6 Å². The molecule has 0 saturated carbocycles. The van der Waals surface area contributed by atoms with Gasteiger partial charge in [-0.15, -0.1) is 0 Å². The fourth-order valence-electron chi connectivity index (χ4n) is 1.89. The number of alkyl carbamates (subject to hydrolysis) is 1. The fourth-order valence-corrected chi connectivity index (χ4v) is 1.89. The molecule has 106 valence electrons. The molecule has 1 aromatic rings. The maximum absolute atomic E-state index is 11.7. The number of ether oxygens (including phenoxy) is 1. The first-order valence-corrected chi connectivity index (χ1v) is 6.40. The van der Waals surface area contributed by atoms with Crippen LogP contribution in [-0.2, 0) is 4.74 Å². The molecular weight excluding hydrogens is 242 g/mol. The van der Waals surface area contributed by atoms with Crippen molar-refractivity contribution >= 4 is 6.09 Å². The number of benzene rings is 1. The number of aliphatic hydroxyl groups is 1. The first-order chi connectivity index (χ1) is 8.73. The first kappa shape index (κ1) is 15.5. The Kier molecular flexibility index (Phi) is 4.95. The van der Waals surface area contributed by atoms with Crippen molar-refractivity contribution < 1.29 is 14.6 Å². The van der Waals surface area contributed by atoms with Gasteiger partial charge >= 0.3 is 6.09 Å². The lowest BCUT2D eigenvalue weighted by Crippen LogP contribution is -2.36. The van der Waals surface area contributed by atoms with Crippen molar-refractivity contribution in [1.82, 2.24) is 5.32 Å². The Morgan fingerprint density at radius 2 is 2.00 bits per heavy atom. The van der Waals surface area contributed by atoms with Crippen LogP contribution in [0.2, 0.25) is 0 Å². The van der Waals surface area contributed by atoms with E-state index in [9.17, 15) is 9.90 Å². The van der Waals surface area contributed by atoms with Crippen LogP contribution in [0, 0.1) is 13.8 Å². The molecule has 0 aliphatic carbocycles. The van der Waals surface area contributed by atoms with E-state index in [1.165, 1.54) is 0 Å². The molecule has 1 rings (SSSR count). The van der Waals surface area contributed by atoms with Crippen LogP contribution in [0.1, 0.15) is 43.5 Å². The molecule has 1 atom stereocenters. The summed E-state index contributed by atoms with van der Waals surface area (Å²) in [6.45, 7) is 9.21. The number of aryl methyl sites for hydroxylation is 2. The molecule has 0 aliphatic rings. The molecule has 0 aliphatic heterocycles. The van der Waals surface area contributed by atoms with Gasteiger partial charge in [-0.05, 0) is 45.7 Å². The second-order valence-corrected chi connectivity index (χ2v) is 5.74. The number of carbonyl (C=O) groups excluding carboxylic acids is 1. The summed E-state index contributed by atoms with van der Waals surface area (Å²) < 4.78 is 5.19. The minimum absolute atomic E-state index is 0.164. The molecule has 0 fully saturated rings. The van der Waals surface area contributed by atoms with Crippen molar-refractivity contribution in [2.45, 2.75) is 46.3 Å². The zero-order valence-corrected chi connectivity index (χ0v) is 12.3. The second-order valence-electron chi connectivity index (χ2n) is 5.74. The third-order valence-corrected chi connectivity index (χ3v) is 2.67. The van der Waals surface area contributed by atoms with Crippen molar-refractivity contribution in [2.75, 3.05) is 6.61 Å². The van der Waals surface area contributed by atoms with Crippen LogP contribution in [-0.4, -0.2) is 23.4 Å². The lowest BCUT2D eigenvalue weighted by Gasteiger charge is -2.23. The summed E-state index contributed by atoms with van der Waals surface area (Å²) >= 11 is 0. The van der Waals surface area contributed by atoms with E-state index in [-0.39, 0.29) is 6.61 Å². The Labute approximate surface area is 114 Å². The van der Waals surface area contributed by atoms with Gasteiger partial charge in [0.15, 0.2) is 0 Å². The van der Waals surface area contributed by atoms with Gasteiger partial charge in [-0.3, -0.25) is 0 Å². The van der Waals surface area contributed by atoms with Gasteiger partial charge in [0.2, 0.25) is 0 Å². The Morgan fingerprint density at radius 3 is 2.47 bits per heavy atom. The number of hydrogen-bond donors (Lipinski definition) is 2. The molecule has 0 radical (unpaired) electrons. The van der Waals surface area contributed by atoms with E-state index in [4.69, 9.17) is 4.74 Å². The number of rotatable bonds is 3. The standard InChI is InChI=1S/C15H23NO3/c1-10-6-7-12(11(2)8-10)13(9-17)16-14(18)19-15(3,4)5/h6-8,13,17H,9H2,1-5H3,(H,16,18). The molecule has 19 heavy (non-hydrogen) atoms. The summed E-state index contributed by atoms with van der Waals surface area (Å²) in [5, 5.41) is 12.1. The van der Waals surface area contributed by atoms with Gasteiger partial charge < -0.3 is 15.2 Å². The van der Waals surface area contributed by atoms with Gasteiger partial charge in [0, 0.05) is 0 Å². The van der Waals surface area contributed by atoms with Gasteiger partial charge in [0.25, 0.3) is 0 Å². The summed E-state index contributed by atoms with van der Waals surface area (Å²) in [5.41, 5.74) is 2.54. The van der Waals surface area contributed by atoms with Crippen LogP contribution in [0.5, 0.6) is 0 Å². The van der Waals surface area contributed by atoms with Gasteiger partial charge in [-0.2, -0.15) is 0 Å². The molecule has 4 heteroatoms. The van der Waals surface area contributed by atoms with Crippen molar-refractivity contribution in [3.05, 3.63) is 34.9 Å². The molecule has 1 unspecified atom stereocenters. The smallest absolute Gasteiger partial charge is 0.408 e. The Hall–Kier alpha value is -1.55. The van der Waals surface area contributed by atoms with Crippen molar-refractivity contribution in [1.29, 1.82) is 0 Å². The van der Waals surface area contributed by atoms with E-state index in [2.05, 4.69) is 5.32 Å². The second kappa shape index (κ2) is 6.06. The minimum Gasteiger partial charge on any atom is -0.444 e. The topological polar surface area (TPSA) is 58.6 Å². The highest BCUT2D eigenvalue weighted by molar-refractivity contribution is 5.68. The van der Waals surface area contributed by atoms with Crippen LogP contribution >= 0.6 is 0 Å². The van der Waals surface area contributed by atoms with Crippen LogP contribution in [0.4, 0.5) is 4.79 Å². The molecule has 0 aromatic heterocycles. The molecule has 1 aromatic carbocycles. The molecular formula is C15H23NO3. The van der Waals surface area contributed by atoms with Crippen molar-refractivity contribution in [3.63, 3.8) is 0 Å². The normalized spacial score (nSPS) is 12.9. The van der Waals surface area contributed by atoms with E-state index >= 15 is 0 Å². The maximum Gasteiger partial charge on any atom is 0.408 e. The maximum atomic E-state index is 11.7. The van der Waals surface area contributed by atoms with E-state index in [1.807, 2.05) is 32.0 Å². The predicted octanol–water partition coefficient (Wildman–Crippen LogP) is 2.86. The zero-order valence-electron chi connectivity index (χ0n) is 12.3. The Bertz CT molecular complexity index is 449. The Morgan fingerprint density at radius 1 is 1.37 bits per heavy atom. The Balaban J connectivity index is 2.81. The molecule has 1 amide bonds. The SMILES string of the molecule is Cc1ccc(C(CO)NC(=O)OC(C)(C)C)c(C)c1. The fraction of sp³-hybridized carbons (Fsp3) is 0.533. The monoisotopic (exact) mass is 265 g/mol. The van der Waals surface area contributed by atoms with Crippen LogP contribution < -0.4 is 5.32 Å². The van der Waals surface area contributed by atoms with Crippen LogP contribution in [0.15, 0.2) is 18.2 Å². The summed E-state index contributed by atoms with van der Waals surface area (Å²) in [6.07, 6.45) is -0.522. The summed E-state index contributed by atoms with van der Waals surface area (Å²) in [4.78, 5) is 11.7. The van der Waals surface area contributed by atoms with Crippen molar-refractivity contribution in [3.8, 4) is 0 Å².